The van der Waals surface area contributed by atoms with Gasteiger partial charge in [-0.1, -0.05) is 19.8 Å². The first-order valence-electron chi connectivity index (χ1n) is 7.21. The molecule has 1 saturated carbocycles. The van der Waals surface area contributed by atoms with Crippen LogP contribution in [-0.2, 0) is 4.74 Å². The van der Waals surface area contributed by atoms with E-state index in [0.717, 1.165) is 18.3 Å². The van der Waals surface area contributed by atoms with Crippen LogP contribution >= 0.6 is 0 Å². The van der Waals surface area contributed by atoms with E-state index in [9.17, 15) is 0 Å². The van der Waals surface area contributed by atoms with Crippen LogP contribution < -0.4 is 5.32 Å². The van der Waals surface area contributed by atoms with Gasteiger partial charge in [-0.15, -0.1) is 0 Å². The fraction of sp³-hybridized carbons (Fsp3) is 1.00. The van der Waals surface area contributed by atoms with Gasteiger partial charge >= 0.3 is 0 Å². The third kappa shape index (κ3) is 4.97. The van der Waals surface area contributed by atoms with Gasteiger partial charge in [0.25, 0.3) is 0 Å². The summed E-state index contributed by atoms with van der Waals surface area (Å²) >= 11 is 0. The lowest BCUT2D eigenvalue weighted by Crippen LogP contribution is -2.38. The van der Waals surface area contributed by atoms with Crippen LogP contribution in [0, 0.1) is 11.8 Å². The van der Waals surface area contributed by atoms with Crippen LogP contribution in [0.4, 0.5) is 0 Å². The Bertz CT molecular complexity index is 215. The largest absolute Gasteiger partial charge is 0.379 e. The lowest BCUT2D eigenvalue weighted by atomic mass is 9.77. The molecule has 1 aliphatic carbocycles. The van der Waals surface area contributed by atoms with E-state index in [0.29, 0.717) is 6.04 Å². The summed E-state index contributed by atoms with van der Waals surface area (Å²) in [6, 6.07) is 0.673. The molecule has 0 aromatic rings. The highest BCUT2D eigenvalue weighted by Crippen LogP contribution is 2.33. The van der Waals surface area contributed by atoms with E-state index in [1.807, 2.05) is 7.11 Å². The summed E-state index contributed by atoms with van der Waals surface area (Å²) in [4.78, 5) is 0. The molecule has 2 heteroatoms. The molecular formula is C15H31NO. The third-order valence-corrected chi connectivity index (χ3v) is 4.53. The van der Waals surface area contributed by atoms with Crippen molar-refractivity contribution in [3.63, 3.8) is 0 Å². The molecule has 0 heterocycles. The van der Waals surface area contributed by atoms with Crippen molar-refractivity contribution in [2.75, 3.05) is 14.2 Å². The second-order valence-electron chi connectivity index (χ2n) is 6.43. The van der Waals surface area contributed by atoms with E-state index in [-0.39, 0.29) is 5.60 Å². The van der Waals surface area contributed by atoms with Gasteiger partial charge in [-0.2, -0.15) is 0 Å². The fourth-order valence-electron chi connectivity index (χ4n) is 3.07. The lowest BCUT2D eigenvalue weighted by molar-refractivity contribution is 0.00945. The molecular weight excluding hydrogens is 210 g/mol. The monoisotopic (exact) mass is 241 g/mol. The maximum absolute atomic E-state index is 5.51. The summed E-state index contributed by atoms with van der Waals surface area (Å²) in [7, 11) is 3.93. The number of ether oxygens (including phenoxy) is 1. The molecule has 102 valence electrons. The van der Waals surface area contributed by atoms with E-state index in [4.69, 9.17) is 4.74 Å². The van der Waals surface area contributed by atoms with Gasteiger partial charge in [0.1, 0.15) is 0 Å². The van der Waals surface area contributed by atoms with Crippen molar-refractivity contribution in [2.24, 2.45) is 11.8 Å². The molecule has 0 spiro atoms. The second kappa shape index (κ2) is 6.75. The van der Waals surface area contributed by atoms with Gasteiger partial charge < -0.3 is 10.1 Å². The van der Waals surface area contributed by atoms with Crippen LogP contribution in [0.3, 0.4) is 0 Å². The molecule has 1 rings (SSSR count). The van der Waals surface area contributed by atoms with Crippen LogP contribution in [-0.4, -0.2) is 25.8 Å². The topological polar surface area (TPSA) is 21.3 Å². The van der Waals surface area contributed by atoms with Gasteiger partial charge in [0.05, 0.1) is 5.60 Å². The average molecular weight is 241 g/mol. The van der Waals surface area contributed by atoms with Crippen LogP contribution in [0.15, 0.2) is 0 Å². The van der Waals surface area contributed by atoms with Crippen molar-refractivity contribution in [3.8, 4) is 0 Å². The van der Waals surface area contributed by atoms with E-state index in [1.54, 1.807) is 0 Å². The Morgan fingerprint density at radius 3 is 2.59 bits per heavy atom. The van der Waals surface area contributed by atoms with E-state index >= 15 is 0 Å². The van der Waals surface area contributed by atoms with Gasteiger partial charge in [0.2, 0.25) is 0 Å². The first-order valence-corrected chi connectivity index (χ1v) is 7.21. The summed E-state index contributed by atoms with van der Waals surface area (Å²) in [5.41, 5.74) is 0.0232. The standard InChI is InChI=1S/C15H31NO/c1-12-7-6-8-13(11-12)14(16-4)9-10-15(2,3)17-5/h12-14,16H,6-11H2,1-5H3. The normalized spacial score (nSPS) is 28.1. The van der Waals surface area contributed by atoms with Gasteiger partial charge in [-0.25, -0.2) is 0 Å². The number of nitrogens with one attached hydrogen (secondary N) is 1. The molecule has 3 unspecified atom stereocenters. The molecule has 1 aliphatic rings. The quantitative estimate of drug-likeness (QED) is 0.767. The Morgan fingerprint density at radius 2 is 2.06 bits per heavy atom. The van der Waals surface area contributed by atoms with Crippen molar-refractivity contribution >= 4 is 0 Å². The van der Waals surface area contributed by atoms with Crippen molar-refractivity contribution in [1.82, 2.24) is 5.32 Å². The fourth-order valence-corrected chi connectivity index (χ4v) is 3.07. The summed E-state index contributed by atoms with van der Waals surface area (Å²) < 4.78 is 5.51. The molecule has 0 aromatic heterocycles. The molecule has 0 aromatic carbocycles. The van der Waals surface area contributed by atoms with Crippen molar-refractivity contribution in [3.05, 3.63) is 0 Å². The SMILES string of the molecule is CNC(CCC(C)(C)OC)C1CCCC(C)C1. The van der Waals surface area contributed by atoms with Crippen LogP contribution in [0.1, 0.15) is 59.3 Å². The Morgan fingerprint density at radius 1 is 1.35 bits per heavy atom. The summed E-state index contributed by atoms with van der Waals surface area (Å²) in [5, 5.41) is 3.53. The maximum Gasteiger partial charge on any atom is 0.0623 e. The molecule has 1 N–H and O–H groups in total. The third-order valence-electron chi connectivity index (χ3n) is 4.53. The number of hydrogen-bond acceptors (Lipinski definition) is 2. The molecule has 0 radical (unpaired) electrons. The Kier molecular flexibility index (Phi) is 5.94. The minimum atomic E-state index is 0.0232. The van der Waals surface area contributed by atoms with Gasteiger partial charge in [0, 0.05) is 13.2 Å². The summed E-state index contributed by atoms with van der Waals surface area (Å²) in [6.07, 6.45) is 8.02. The van der Waals surface area contributed by atoms with Gasteiger partial charge in [0.15, 0.2) is 0 Å². The van der Waals surface area contributed by atoms with Crippen molar-refractivity contribution in [2.45, 2.75) is 70.9 Å². The molecule has 2 nitrogen and oxygen atoms in total. The molecule has 0 amide bonds. The predicted octanol–water partition coefficient (Wildman–Crippen LogP) is 3.61. The highest BCUT2D eigenvalue weighted by atomic mass is 16.5. The van der Waals surface area contributed by atoms with E-state index < -0.39 is 0 Å². The molecule has 0 aliphatic heterocycles. The summed E-state index contributed by atoms with van der Waals surface area (Å²) in [5.74, 6) is 1.79. The number of methoxy groups -OCH3 is 1. The molecule has 0 saturated heterocycles. The zero-order valence-corrected chi connectivity index (χ0v) is 12.4. The van der Waals surface area contributed by atoms with E-state index in [2.05, 4.69) is 33.1 Å². The van der Waals surface area contributed by atoms with Gasteiger partial charge in [-0.05, 0) is 58.4 Å². The second-order valence-corrected chi connectivity index (χ2v) is 6.43. The average Bonchev–Trinajstić information content (AvgIpc) is 2.30. The number of hydrogen-bond donors (Lipinski definition) is 1. The van der Waals surface area contributed by atoms with Crippen LogP contribution in [0.25, 0.3) is 0 Å². The zero-order chi connectivity index (χ0) is 12.9. The van der Waals surface area contributed by atoms with Crippen molar-refractivity contribution in [1.29, 1.82) is 0 Å². The molecule has 1 fully saturated rings. The van der Waals surface area contributed by atoms with Crippen LogP contribution in [0.5, 0.6) is 0 Å². The van der Waals surface area contributed by atoms with E-state index in [1.165, 1.54) is 32.1 Å². The molecule has 3 atom stereocenters. The highest BCUT2D eigenvalue weighted by molar-refractivity contribution is 4.82. The highest BCUT2D eigenvalue weighted by Gasteiger charge is 2.27. The Hall–Kier alpha value is -0.0800. The minimum Gasteiger partial charge on any atom is -0.379 e. The first kappa shape index (κ1) is 15.0. The number of rotatable bonds is 6. The lowest BCUT2D eigenvalue weighted by Gasteiger charge is -2.35. The first-order chi connectivity index (χ1) is 7.98. The van der Waals surface area contributed by atoms with Crippen LogP contribution in [0.2, 0.25) is 0 Å². The predicted molar refractivity (Wildman–Crippen MR) is 74.3 cm³/mol. The minimum absolute atomic E-state index is 0.0232. The smallest absolute Gasteiger partial charge is 0.0623 e. The Balaban J connectivity index is 2.42. The molecule has 17 heavy (non-hydrogen) atoms. The maximum atomic E-state index is 5.51. The van der Waals surface area contributed by atoms with Gasteiger partial charge in [-0.3, -0.25) is 0 Å². The Labute approximate surface area is 108 Å². The summed E-state index contributed by atoms with van der Waals surface area (Å²) in [6.45, 7) is 6.77. The molecule has 0 bridgehead atoms. The zero-order valence-electron chi connectivity index (χ0n) is 12.4. The van der Waals surface area contributed by atoms with Crippen molar-refractivity contribution < 1.29 is 4.74 Å².